The van der Waals surface area contributed by atoms with Gasteiger partial charge in [0.15, 0.2) is 11.5 Å². The molecule has 1 aliphatic rings. The Morgan fingerprint density at radius 2 is 1.92 bits per heavy atom. The largest absolute Gasteiger partial charge is 0.494 e. The molecule has 4 aromatic rings. The van der Waals surface area contributed by atoms with E-state index in [9.17, 15) is 18.0 Å². The van der Waals surface area contributed by atoms with Crippen molar-refractivity contribution in [2.24, 2.45) is 11.7 Å². The Morgan fingerprint density at radius 1 is 1.18 bits per heavy atom. The first kappa shape index (κ1) is 25.6. The van der Waals surface area contributed by atoms with Crippen LogP contribution in [0, 0.1) is 5.92 Å². The number of aromatic nitrogens is 4. The number of fused-ring (bicyclic) bond motifs is 1. The van der Waals surface area contributed by atoms with Crippen LogP contribution in [-0.2, 0) is 12.6 Å². The van der Waals surface area contributed by atoms with E-state index in [2.05, 4.69) is 25.3 Å². The third-order valence-corrected chi connectivity index (χ3v) is 6.55. The molecular weight excluding hydrogens is 501 g/mol. The van der Waals surface area contributed by atoms with Gasteiger partial charge in [0.05, 0.1) is 13.2 Å². The van der Waals surface area contributed by atoms with E-state index in [4.69, 9.17) is 14.9 Å². The SMILES string of the molecule is COc1ccc(-c2nc(C(=O)NC3CC(Cc4cncnc4)C3)c([C@H](C)N)o2)c2ccc(C(F)(F)F)nc12. The van der Waals surface area contributed by atoms with E-state index in [1.54, 1.807) is 25.4 Å². The second-order valence-corrected chi connectivity index (χ2v) is 9.39. The lowest BCUT2D eigenvalue weighted by atomic mass is 9.77. The number of carbonyl (C=O) groups is 1. The number of oxazole rings is 1. The number of methoxy groups -OCH3 is 1. The average molecular weight is 527 g/mol. The number of ether oxygens (including phenoxy) is 1. The van der Waals surface area contributed by atoms with Crippen LogP contribution in [0.4, 0.5) is 13.2 Å². The number of carbonyl (C=O) groups excluding carboxylic acids is 1. The highest BCUT2D eigenvalue weighted by molar-refractivity contribution is 5.98. The fourth-order valence-electron chi connectivity index (χ4n) is 4.66. The number of alkyl halides is 3. The van der Waals surface area contributed by atoms with E-state index in [0.717, 1.165) is 30.9 Å². The molecule has 1 aliphatic carbocycles. The summed E-state index contributed by atoms with van der Waals surface area (Å²) in [5.41, 5.74) is 6.46. The molecule has 3 heterocycles. The molecular formula is C26H25F3N6O3. The molecule has 12 heteroatoms. The molecule has 198 valence electrons. The van der Waals surface area contributed by atoms with Gasteiger partial charge in [-0.1, -0.05) is 0 Å². The van der Waals surface area contributed by atoms with Crippen molar-refractivity contribution in [2.45, 2.75) is 44.4 Å². The molecule has 1 saturated carbocycles. The third-order valence-electron chi connectivity index (χ3n) is 6.55. The van der Waals surface area contributed by atoms with Crippen LogP contribution >= 0.6 is 0 Å². The normalized spacial score (nSPS) is 18.2. The van der Waals surface area contributed by atoms with Crippen LogP contribution in [0.5, 0.6) is 5.75 Å². The van der Waals surface area contributed by atoms with Crippen LogP contribution < -0.4 is 15.8 Å². The van der Waals surface area contributed by atoms with E-state index in [1.165, 1.54) is 25.6 Å². The quantitative estimate of drug-likeness (QED) is 0.361. The Labute approximate surface area is 215 Å². The predicted octanol–water partition coefficient (Wildman–Crippen LogP) is 4.48. The minimum absolute atomic E-state index is 0.00398. The smallest absolute Gasteiger partial charge is 0.433 e. The molecule has 1 amide bonds. The van der Waals surface area contributed by atoms with Gasteiger partial charge in [0.25, 0.3) is 5.91 Å². The number of amides is 1. The van der Waals surface area contributed by atoms with Gasteiger partial charge in [-0.2, -0.15) is 13.2 Å². The fourth-order valence-corrected chi connectivity index (χ4v) is 4.66. The predicted molar refractivity (Wildman–Crippen MR) is 131 cm³/mol. The summed E-state index contributed by atoms with van der Waals surface area (Å²) in [6, 6.07) is 4.56. The number of hydrogen-bond donors (Lipinski definition) is 2. The molecule has 0 unspecified atom stereocenters. The van der Waals surface area contributed by atoms with Crippen molar-refractivity contribution in [1.29, 1.82) is 0 Å². The van der Waals surface area contributed by atoms with Crippen molar-refractivity contribution < 1.29 is 27.1 Å². The Bertz CT molecular complexity index is 1470. The number of halogens is 3. The number of nitrogens with zero attached hydrogens (tertiary/aromatic N) is 4. The maximum absolute atomic E-state index is 13.3. The van der Waals surface area contributed by atoms with Gasteiger partial charge >= 0.3 is 6.18 Å². The van der Waals surface area contributed by atoms with Gasteiger partial charge in [0.1, 0.15) is 23.3 Å². The molecule has 0 spiro atoms. The number of rotatable bonds is 7. The lowest BCUT2D eigenvalue weighted by molar-refractivity contribution is -0.140. The highest BCUT2D eigenvalue weighted by Crippen LogP contribution is 2.37. The van der Waals surface area contributed by atoms with Gasteiger partial charge < -0.3 is 20.2 Å². The van der Waals surface area contributed by atoms with Gasteiger partial charge in [0, 0.05) is 29.4 Å². The molecule has 3 aromatic heterocycles. The molecule has 1 fully saturated rings. The minimum atomic E-state index is -4.62. The van der Waals surface area contributed by atoms with Gasteiger partial charge in [-0.25, -0.2) is 19.9 Å². The Hall–Kier alpha value is -4.06. The lowest BCUT2D eigenvalue weighted by Crippen LogP contribution is -2.45. The summed E-state index contributed by atoms with van der Waals surface area (Å²) in [5, 5.41) is 3.31. The van der Waals surface area contributed by atoms with Crippen molar-refractivity contribution >= 4 is 16.8 Å². The second kappa shape index (κ2) is 10.0. The van der Waals surface area contributed by atoms with Crippen molar-refractivity contribution in [2.75, 3.05) is 7.11 Å². The molecule has 0 aliphatic heterocycles. The Balaban J connectivity index is 1.40. The monoisotopic (exact) mass is 526 g/mol. The van der Waals surface area contributed by atoms with Crippen LogP contribution in [-0.4, -0.2) is 39.0 Å². The van der Waals surface area contributed by atoms with Gasteiger partial charge in [-0.15, -0.1) is 0 Å². The van der Waals surface area contributed by atoms with Crippen LogP contribution in [0.3, 0.4) is 0 Å². The molecule has 0 saturated heterocycles. The number of benzene rings is 1. The molecule has 1 aromatic carbocycles. The second-order valence-electron chi connectivity index (χ2n) is 9.39. The third kappa shape index (κ3) is 5.03. The summed E-state index contributed by atoms with van der Waals surface area (Å²) in [7, 11) is 1.34. The summed E-state index contributed by atoms with van der Waals surface area (Å²) < 4.78 is 51.0. The molecule has 3 N–H and O–H groups in total. The highest BCUT2D eigenvalue weighted by atomic mass is 19.4. The van der Waals surface area contributed by atoms with Crippen molar-refractivity contribution in [3.05, 3.63) is 65.7 Å². The molecule has 1 atom stereocenters. The van der Waals surface area contributed by atoms with Gasteiger partial charge in [-0.3, -0.25) is 4.79 Å². The topological polar surface area (TPSA) is 129 Å². The van der Waals surface area contributed by atoms with E-state index >= 15 is 0 Å². The molecule has 9 nitrogen and oxygen atoms in total. The first-order valence-electron chi connectivity index (χ1n) is 12.0. The van der Waals surface area contributed by atoms with Crippen LogP contribution in [0.25, 0.3) is 22.4 Å². The standard InChI is InChI=1S/C26H25F3N6O3/c1-13(30)23-22(24(36)33-16-8-14(9-16)7-15-10-31-12-32-11-15)35-25(38-23)18-3-5-19(37-2)21-17(18)4-6-20(34-21)26(27,28)29/h3-6,10-14,16H,7-9,30H2,1-2H3,(H,33,36)/t13-,14?,16?/m0/s1. The summed E-state index contributed by atoms with van der Waals surface area (Å²) in [5.74, 6) is 0.375. The molecule has 0 bridgehead atoms. The van der Waals surface area contributed by atoms with Crippen molar-refractivity contribution in [1.82, 2.24) is 25.3 Å². The first-order valence-corrected chi connectivity index (χ1v) is 12.0. The van der Waals surface area contributed by atoms with Crippen LogP contribution in [0.1, 0.15) is 53.3 Å². The number of hydrogen-bond acceptors (Lipinski definition) is 8. The molecule has 5 rings (SSSR count). The molecule has 0 radical (unpaired) electrons. The zero-order valence-corrected chi connectivity index (χ0v) is 20.6. The van der Waals surface area contributed by atoms with Gasteiger partial charge in [-0.05, 0) is 61.9 Å². The van der Waals surface area contributed by atoms with E-state index < -0.39 is 23.8 Å². The Morgan fingerprint density at radius 3 is 2.58 bits per heavy atom. The number of nitrogens with one attached hydrogen (secondary N) is 1. The molecule has 38 heavy (non-hydrogen) atoms. The van der Waals surface area contributed by atoms with Gasteiger partial charge in [0.2, 0.25) is 5.89 Å². The zero-order valence-electron chi connectivity index (χ0n) is 20.6. The Kier molecular flexibility index (Phi) is 6.74. The first-order chi connectivity index (χ1) is 18.1. The number of pyridine rings is 1. The highest BCUT2D eigenvalue weighted by Gasteiger charge is 2.34. The lowest BCUT2D eigenvalue weighted by Gasteiger charge is -2.35. The van der Waals surface area contributed by atoms with Crippen molar-refractivity contribution in [3.63, 3.8) is 0 Å². The maximum atomic E-state index is 13.3. The summed E-state index contributed by atoms with van der Waals surface area (Å²) >= 11 is 0. The minimum Gasteiger partial charge on any atom is -0.494 e. The summed E-state index contributed by atoms with van der Waals surface area (Å²) in [6.45, 7) is 1.66. The van der Waals surface area contributed by atoms with Crippen molar-refractivity contribution in [3.8, 4) is 17.2 Å². The summed E-state index contributed by atoms with van der Waals surface area (Å²) in [6.07, 6.45) is 2.87. The number of nitrogens with two attached hydrogens (primary N) is 1. The van der Waals surface area contributed by atoms with Crippen LogP contribution in [0.2, 0.25) is 0 Å². The van der Waals surface area contributed by atoms with E-state index in [0.29, 0.717) is 16.9 Å². The van der Waals surface area contributed by atoms with Crippen LogP contribution in [0.15, 0.2) is 47.4 Å². The zero-order chi connectivity index (χ0) is 27.0. The van der Waals surface area contributed by atoms with E-state index in [1.807, 2.05) is 0 Å². The fraction of sp³-hybridized carbons (Fsp3) is 0.346. The average Bonchev–Trinajstić information content (AvgIpc) is 3.32. The van der Waals surface area contributed by atoms with E-state index in [-0.39, 0.29) is 34.7 Å². The summed E-state index contributed by atoms with van der Waals surface area (Å²) in [4.78, 5) is 29.4. The maximum Gasteiger partial charge on any atom is 0.433 e.